The smallest absolute Gasteiger partial charge is 0.308 e. The molecule has 0 aliphatic rings. The van der Waals surface area contributed by atoms with Crippen molar-refractivity contribution in [3.8, 4) is 0 Å². The third kappa shape index (κ3) is 3.58. The summed E-state index contributed by atoms with van der Waals surface area (Å²) >= 11 is 0. The first-order chi connectivity index (χ1) is 7.91. The largest absolute Gasteiger partial charge is 0.481 e. The molecule has 0 aliphatic heterocycles. The van der Waals surface area contributed by atoms with E-state index in [1.807, 2.05) is 0 Å². The number of carboxylic acid groups (broad SMARTS) is 1. The molecule has 0 bridgehead atoms. The zero-order valence-corrected chi connectivity index (χ0v) is 10.1. The Morgan fingerprint density at radius 2 is 2.24 bits per heavy atom. The summed E-state index contributed by atoms with van der Waals surface area (Å²) in [6.45, 7) is 3.52. The summed E-state index contributed by atoms with van der Waals surface area (Å²) in [6, 6.07) is 0. The Morgan fingerprint density at radius 3 is 2.71 bits per heavy atom. The van der Waals surface area contributed by atoms with Crippen molar-refractivity contribution in [3.05, 3.63) is 17.5 Å². The maximum absolute atomic E-state index is 11.8. The quantitative estimate of drug-likeness (QED) is 0.819. The van der Waals surface area contributed by atoms with Gasteiger partial charge in [-0.05, 0) is 6.92 Å². The molecular formula is C11H16N2O4. The van der Waals surface area contributed by atoms with Crippen LogP contribution in [0.15, 0.2) is 10.8 Å². The van der Waals surface area contributed by atoms with Crippen LogP contribution in [0.2, 0.25) is 0 Å². The van der Waals surface area contributed by atoms with Gasteiger partial charge in [-0.25, -0.2) is 0 Å². The number of carbonyl (C=O) groups excluding carboxylic acids is 1. The molecule has 0 aliphatic carbocycles. The van der Waals surface area contributed by atoms with Crippen molar-refractivity contribution < 1.29 is 19.2 Å². The number of hydrogen-bond donors (Lipinski definition) is 1. The van der Waals surface area contributed by atoms with Gasteiger partial charge >= 0.3 is 5.97 Å². The summed E-state index contributed by atoms with van der Waals surface area (Å²) in [6.07, 6.45) is 1.61. The van der Waals surface area contributed by atoms with Gasteiger partial charge in [0.05, 0.1) is 18.0 Å². The number of likely N-dealkylation sites (N-methyl/N-ethyl adjacent to an activating group) is 1. The van der Waals surface area contributed by atoms with Gasteiger partial charge in [-0.2, -0.15) is 0 Å². The Balaban J connectivity index is 2.53. The minimum atomic E-state index is -0.911. The van der Waals surface area contributed by atoms with Crippen LogP contribution < -0.4 is 0 Å². The Kier molecular flexibility index (Phi) is 4.25. The number of nitrogens with zero attached hydrogens (tertiary/aromatic N) is 2. The predicted octanol–water partition coefficient (Wildman–Crippen LogP) is 0.705. The molecule has 17 heavy (non-hydrogen) atoms. The molecule has 1 unspecified atom stereocenters. The summed E-state index contributed by atoms with van der Waals surface area (Å²) in [5.41, 5.74) is 1.41. The third-order valence-corrected chi connectivity index (χ3v) is 2.59. The fourth-order valence-corrected chi connectivity index (χ4v) is 1.37. The van der Waals surface area contributed by atoms with E-state index in [4.69, 9.17) is 9.63 Å². The zero-order valence-electron chi connectivity index (χ0n) is 10.1. The highest BCUT2D eigenvalue weighted by Gasteiger charge is 2.18. The van der Waals surface area contributed by atoms with Crippen molar-refractivity contribution >= 4 is 11.9 Å². The van der Waals surface area contributed by atoms with Crippen molar-refractivity contribution in [2.24, 2.45) is 5.92 Å². The number of aliphatic carboxylic acids is 1. The van der Waals surface area contributed by atoms with Crippen LogP contribution in [0.1, 0.15) is 18.2 Å². The summed E-state index contributed by atoms with van der Waals surface area (Å²) in [5, 5.41) is 12.4. The molecule has 0 saturated carbocycles. The molecule has 1 heterocycles. The van der Waals surface area contributed by atoms with Gasteiger partial charge in [0, 0.05) is 19.2 Å². The summed E-state index contributed by atoms with van der Waals surface area (Å²) in [4.78, 5) is 23.9. The lowest BCUT2D eigenvalue weighted by Crippen LogP contribution is -2.34. The zero-order chi connectivity index (χ0) is 13.0. The minimum Gasteiger partial charge on any atom is -0.481 e. The second-order valence-corrected chi connectivity index (χ2v) is 4.12. The molecule has 0 aromatic carbocycles. The maximum Gasteiger partial charge on any atom is 0.308 e. The van der Waals surface area contributed by atoms with E-state index in [0.29, 0.717) is 5.69 Å². The van der Waals surface area contributed by atoms with Crippen LogP contribution in [0, 0.1) is 12.8 Å². The highest BCUT2D eigenvalue weighted by molar-refractivity contribution is 5.79. The molecule has 0 saturated heterocycles. The molecule has 6 nitrogen and oxygen atoms in total. The first-order valence-corrected chi connectivity index (χ1v) is 5.28. The van der Waals surface area contributed by atoms with Crippen molar-refractivity contribution in [1.82, 2.24) is 10.1 Å². The van der Waals surface area contributed by atoms with Crippen LogP contribution in [0.5, 0.6) is 0 Å². The highest BCUT2D eigenvalue weighted by Crippen LogP contribution is 2.08. The predicted molar refractivity (Wildman–Crippen MR) is 59.4 cm³/mol. The molecule has 0 spiro atoms. The topological polar surface area (TPSA) is 83.6 Å². The van der Waals surface area contributed by atoms with Crippen LogP contribution in [0.3, 0.4) is 0 Å². The lowest BCUT2D eigenvalue weighted by molar-refractivity contribution is -0.142. The van der Waals surface area contributed by atoms with Crippen LogP contribution in [-0.4, -0.2) is 40.6 Å². The fourth-order valence-electron chi connectivity index (χ4n) is 1.37. The van der Waals surface area contributed by atoms with Gasteiger partial charge in [-0.1, -0.05) is 12.1 Å². The van der Waals surface area contributed by atoms with Crippen LogP contribution in [-0.2, 0) is 16.0 Å². The molecule has 1 rings (SSSR count). The number of carbonyl (C=O) groups is 2. The first kappa shape index (κ1) is 13.2. The number of aryl methyl sites for hydroxylation is 1. The minimum absolute atomic E-state index is 0.149. The van der Waals surface area contributed by atoms with Crippen molar-refractivity contribution in [1.29, 1.82) is 0 Å². The van der Waals surface area contributed by atoms with E-state index in [9.17, 15) is 9.59 Å². The highest BCUT2D eigenvalue weighted by atomic mass is 16.5. The van der Waals surface area contributed by atoms with E-state index in [1.54, 1.807) is 20.9 Å². The molecule has 0 fully saturated rings. The Labute approximate surface area is 99.2 Å². The van der Waals surface area contributed by atoms with Crippen LogP contribution in [0.25, 0.3) is 0 Å². The normalized spacial score (nSPS) is 12.2. The number of rotatable bonds is 5. The third-order valence-electron chi connectivity index (χ3n) is 2.59. The molecule has 1 N–H and O–H groups in total. The molecule has 0 radical (unpaired) electrons. The van der Waals surface area contributed by atoms with Crippen molar-refractivity contribution in [3.63, 3.8) is 0 Å². The van der Waals surface area contributed by atoms with Gasteiger partial charge in [-0.3, -0.25) is 9.59 Å². The standard InChI is InChI=1S/C11H16N2O4/c1-7(11(15)16)5-13(3)10(14)4-9-6-17-12-8(9)2/h6-7H,4-5H2,1-3H3,(H,15,16). The maximum atomic E-state index is 11.8. The Bertz CT molecular complexity index is 413. The van der Waals surface area contributed by atoms with Gasteiger partial charge in [-0.15, -0.1) is 0 Å². The van der Waals surface area contributed by atoms with Gasteiger partial charge in [0.15, 0.2) is 0 Å². The summed E-state index contributed by atoms with van der Waals surface area (Å²) < 4.78 is 4.73. The lowest BCUT2D eigenvalue weighted by atomic mass is 10.1. The monoisotopic (exact) mass is 240 g/mol. The molecular weight excluding hydrogens is 224 g/mol. The van der Waals surface area contributed by atoms with E-state index in [1.165, 1.54) is 11.2 Å². The lowest BCUT2D eigenvalue weighted by Gasteiger charge is -2.19. The number of carboxylic acids is 1. The SMILES string of the molecule is Cc1nocc1CC(=O)N(C)CC(C)C(=O)O. The van der Waals surface area contributed by atoms with Gasteiger partial charge in [0.25, 0.3) is 0 Å². The van der Waals surface area contributed by atoms with Gasteiger partial charge in [0.2, 0.25) is 5.91 Å². The van der Waals surface area contributed by atoms with E-state index >= 15 is 0 Å². The van der Waals surface area contributed by atoms with Crippen molar-refractivity contribution in [2.45, 2.75) is 20.3 Å². The van der Waals surface area contributed by atoms with E-state index in [0.717, 1.165) is 5.56 Å². The van der Waals surface area contributed by atoms with E-state index in [-0.39, 0.29) is 18.9 Å². The van der Waals surface area contributed by atoms with Gasteiger partial charge < -0.3 is 14.5 Å². The average molecular weight is 240 g/mol. The number of aromatic nitrogens is 1. The molecule has 1 atom stereocenters. The van der Waals surface area contributed by atoms with E-state index in [2.05, 4.69) is 5.16 Å². The van der Waals surface area contributed by atoms with Crippen LogP contribution in [0.4, 0.5) is 0 Å². The summed E-state index contributed by atoms with van der Waals surface area (Å²) in [5.74, 6) is -1.64. The second-order valence-electron chi connectivity index (χ2n) is 4.12. The number of hydrogen-bond acceptors (Lipinski definition) is 4. The molecule has 6 heteroatoms. The average Bonchev–Trinajstić information content (AvgIpc) is 2.64. The molecule has 1 aromatic rings. The van der Waals surface area contributed by atoms with Gasteiger partial charge in [0.1, 0.15) is 6.26 Å². The number of amides is 1. The molecule has 94 valence electrons. The first-order valence-electron chi connectivity index (χ1n) is 5.28. The Hall–Kier alpha value is -1.85. The molecule has 1 aromatic heterocycles. The van der Waals surface area contributed by atoms with Crippen LogP contribution >= 0.6 is 0 Å². The molecule has 1 amide bonds. The van der Waals surface area contributed by atoms with Crippen molar-refractivity contribution in [2.75, 3.05) is 13.6 Å². The Morgan fingerprint density at radius 1 is 1.59 bits per heavy atom. The fraction of sp³-hybridized carbons (Fsp3) is 0.545. The van der Waals surface area contributed by atoms with E-state index < -0.39 is 11.9 Å². The second kappa shape index (κ2) is 5.47. The summed E-state index contributed by atoms with van der Waals surface area (Å²) in [7, 11) is 1.59.